The number of nitrogens with one attached hydrogen (secondary N) is 2. The fourth-order valence-electron chi connectivity index (χ4n) is 2.30. The van der Waals surface area contributed by atoms with Crippen LogP contribution in [0.15, 0.2) is 48.7 Å². The third-order valence-electron chi connectivity index (χ3n) is 3.54. The van der Waals surface area contributed by atoms with Gasteiger partial charge in [0, 0.05) is 21.6 Å². The summed E-state index contributed by atoms with van der Waals surface area (Å²) in [4.78, 5) is 2.82. The van der Waals surface area contributed by atoms with E-state index in [0.717, 1.165) is 23.4 Å². The molecule has 2 N–H and O–H groups in total. The summed E-state index contributed by atoms with van der Waals surface area (Å²) >= 11 is 1.89. The SMILES string of the molecule is CCc1ccc(C(C)Nc2ccc(-c3ccn[nH]3)cc2)s1. The van der Waals surface area contributed by atoms with Crippen LogP contribution in [0.2, 0.25) is 0 Å². The summed E-state index contributed by atoms with van der Waals surface area (Å²) in [5.74, 6) is 0. The van der Waals surface area contributed by atoms with Crippen LogP contribution in [-0.4, -0.2) is 10.2 Å². The maximum atomic E-state index is 3.98. The Bertz CT molecular complexity index is 683. The highest BCUT2D eigenvalue weighted by molar-refractivity contribution is 7.12. The molecular weight excluding hydrogens is 278 g/mol. The van der Waals surface area contributed by atoms with Gasteiger partial charge in [0.2, 0.25) is 0 Å². The lowest BCUT2D eigenvalue weighted by Gasteiger charge is -2.14. The molecule has 0 saturated carbocycles. The van der Waals surface area contributed by atoms with Crippen molar-refractivity contribution in [1.29, 1.82) is 0 Å². The van der Waals surface area contributed by atoms with Gasteiger partial charge in [-0.25, -0.2) is 0 Å². The van der Waals surface area contributed by atoms with Crippen molar-refractivity contribution < 1.29 is 0 Å². The Labute approximate surface area is 129 Å². The summed E-state index contributed by atoms with van der Waals surface area (Å²) < 4.78 is 0. The molecule has 0 amide bonds. The molecule has 0 bridgehead atoms. The zero-order valence-electron chi connectivity index (χ0n) is 12.3. The van der Waals surface area contributed by atoms with Gasteiger partial charge < -0.3 is 5.32 Å². The monoisotopic (exact) mass is 297 g/mol. The van der Waals surface area contributed by atoms with Crippen molar-refractivity contribution in [3.8, 4) is 11.3 Å². The molecule has 0 aliphatic carbocycles. The number of aromatic amines is 1. The van der Waals surface area contributed by atoms with Gasteiger partial charge >= 0.3 is 0 Å². The molecule has 21 heavy (non-hydrogen) atoms. The summed E-state index contributed by atoms with van der Waals surface area (Å²) in [6.07, 6.45) is 2.88. The second-order valence-corrected chi connectivity index (χ2v) is 6.27. The Morgan fingerprint density at radius 1 is 1.14 bits per heavy atom. The van der Waals surface area contributed by atoms with Gasteiger partial charge in [0.1, 0.15) is 0 Å². The van der Waals surface area contributed by atoms with Crippen LogP contribution < -0.4 is 5.32 Å². The molecule has 4 heteroatoms. The minimum Gasteiger partial charge on any atom is -0.378 e. The van der Waals surface area contributed by atoms with E-state index in [0.29, 0.717) is 6.04 Å². The average Bonchev–Trinajstić information content (AvgIpc) is 3.19. The summed E-state index contributed by atoms with van der Waals surface area (Å²) in [6.45, 7) is 4.40. The number of anilines is 1. The van der Waals surface area contributed by atoms with E-state index in [1.54, 1.807) is 6.20 Å². The number of nitrogens with zero attached hydrogens (tertiary/aromatic N) is 1. The topological polar surface area (TPSA) is 40.7 Å². The highest BCUT2D eigenvalue weighted by Crippen LogP contribution is 2.27. The lowest BCUT2D eigenvalue weighted by atomic mass is 10.1. The number of aryl methyl sites for hydroxylation is 1. The minimum atomic E-state index is 0.327. The molecule has 0 spiro atoms. The van der Waals surface area contributed by atoms with Gasteiger partial charge in [-0.15, -0.1) is 11.3 Å². The van der Waals surface area contributed by atoms with Crippen molar-refractivity contribution in [2.45, 2.75) is 26.3 Å². The molecule has 3 rings (SSSR count). The standard InChI is InChI=1S/C17H19N3S/c1-3-15-8-9-17(21-15)12(2)19-14-6-4-13(5-7-14)16-10-11-18-20-16/h4-12,19H,3H2,1-2H3,(H,18,20). The Hall–Kier alpha value is -2.07. The third-order valence-corrected chi connectivity index (χ3v) is 4.95. The Kier molecular flexibility index (Phi) is 4.06. The quantitative estimate of drug-likeness (QED) is 0.705. The molecule has 108 valence electrons. The van der Waals surface area contributed by atoms with Gasteiger partial charge in [-0.05, 0) is 49.2 Å². The third kappa shape index (κ3) is 3.16. The van der Waals surface area contributed by atoms with Crippen LogP contribution >= 0.6 is 11.3 Å². The summed E-state index contributed by atoms with van der Waals surface area (Å²) in [5, 5.41) is 10.5. The molecule has 3 nitrogen and oxygen atoms in total. The number of rotatable bonds is 5. The molecule has 0 radical (unpaired) electrons. The van der Waals surface area contributed by atoms with Gasteiger partial charge in [0.25, 0.3) is 0 Å². The Morgan fingerprint density at radius 3 is 2.57 bits per heavy atom. The van der Waals surface area contributed by atoms with Crippen LogP contribution in [-0.2, 0) is 6.42 Å². The first-order valence-corrected chi connectivity index (χ1v) is 8.03. The molecule has 0 aliphatic rings. The van der Waals surface area contributed by atoms with Gasteiger partial charge in [-0.2, -0.15) is 5.10 Å². The number of hydrogen-bond acceptors (Lipinski definition) is 3. The fraction of sp³-hybridized carbons (Fsp3) is 0.235. The van der Waals surface area contributed by atoms with E-state index in [1.165, 1.54) is 9.75 Å². The van der Waals surface area contributed by atoms with Gasteiger partial charge in [0.05, 0.1) is 11.7 Å². The number of hydrogen-bond donors (Lipinski definition) is 2. The number of H-pyrrole nitrogens is 1. The van der Waals surface area contributed by atoms with E-state index in [9.17, 15) is 0 Å². The highest BCUT2D eigenvalue weighted by Gasteiger charge is 2.08. The molecule has 0 aliphatic heterocycles. The summed E-state index contributed by atoms with van der Waals surface area (Å²) in [5.41, 5.74) is 3.33. The number of benzene rings is 1. The van der Waals surface area contributed by atoms with Crippen molar-refractivity contribution in [2.75, 3.05) is 5.32 Å². The summed E-state index contributed by atoms with van der Waals surface area (Å²) in [7, 11) is 0. The van der Waals surface area contributed by atoms with Crippen LogP contribution in [0.3, 0.4) is 0 Å². The normalized spacial score (nSPS) is 12.3. The minimum absolute atomic E-state index is 0.327. The lowest BCUT2D eigenvalue weighted by molar-refractivity contribution is 0.908. The molecule has 0 saturated heterocycles. The van der Waals surface area contributed by atoms with Crippen molar-refractivity contribution in [1.82, 2.24) is 10.2 Å². The van der Waals surface area contributed by atoms with Crippen LogP contribution in [0.1, 0.15) is 29.6 Å². The van der Waals surface area contributed by atoms with Crippen LogP contribution in [0.25, 0.3) is 11.3 Å². The smallest absolute Gasteiger partial charge is 0.0650 e. The van der Waals surface area contributed by atoms with Crippen molar-refractivity contribution in [2.24, 2.45) is 0 Å². The van der Waals surface area contributed by atoms with Gasteiger partial charge in [-0.1, -0.05) is 19.1 Å². The molecule has 1 aromatic carbocycles. The van der Waals surface area contributed by atoms with E-state index in [1.807, 2.05) is 17.4 Å². The fourth-order valence-corrected chi connectivity index (χ4v) is 3.26. The molecular formula is C17H19N3S. The maximum absolute atomic E-state index is 3.98. The number of thiophene rings is 1. The van der Waals surface area contributed by atoms with Gasteiger partial charge in [0.15, 0.2) is 0 Å². The Morgan fingerprint density at radius 2 is 1.95 bits per heavy atom. The van der Waals surface area contributed by atoms with Crippen LogP contribution in [0.4, 0.5) is 5.69 Å². The Balaban J connectivity index is 1.70. The molecule has 3 aromatic rings. The first-order valence-electron chi connectivity index (χ1n) is 7.21. The molecule has 2 aromatic heterocycles. The molecule has 1 atom stereocenters. The average molecular weight is 297 g/mol. The van der Waals surface area contributed by atoms with Crippen molar-refractivity contribution in [3.05, 3.63) is 58.4 Å². The van der Waals surface area contributed by atoms with E-state index < -0.39 is 0 Å². The second kappa shape index (κ2) is 6.14. The molecule has 1 unspecified atom stereocenters. The zero-order chi connectivity index (χ0) is 14.7. The van der Waals surface area contributed by atoms with Crippen molar-refractivity contribution in [3.63, 3.8) is 0 Å². The lowest BCUT2D eigenvalue weighted by Crippen LogP contribution is -2.04. The predicted octanol–water partition coefficient (Wildman–Crippen LogP) is 4.87. The number of aromatic nitrogens is 2. The van der Waals surface area contributed by atoms with E-state index in [4.69, 9.17) is 0 Å². The molecule has 0 fully saturated rings. The first-order chi connectivity index (χ1) is 10.3. The van der Waals surface area contributed by atoms with E-state index in [-0.39, 0.29) is 0 Å². The maximum Gasteiger partial charge on any atom is 0.0650 e. The summed E-state index contributed by atoms with van der Waals surface area (Å²) in [6, 6.07) is 15.2. The predicted molar refractivity (Wildman–Crippen MR) is 89.8 cm³/mol. The van der Waals surface area contributed by atoms with E-state index >= 15 is 0 Å². The van der Waals surface area contributed by atoms with Crippen molar-refractivity contribution >= 4 is 17.0 Å². The van der Waals surface area contributed by atoms with Gasteiger partial charge in [-0.3, -0.25) is 5.10 Å². The first kappa shape index (κ1) is 13.9. The second-order valence-electron chi connectivity index (χ2n) is 5.07. The largest absolute Gasteiger partial charge is 0.378 e. The van der Waals surface area contributed by atoms with Crippen LogP contribution in [0, 0.1) is 0 Å². The highest BCUT2D eigenvalue weighted by atomic mass is 32.1. The van der Waals surface area contributed by atoms with E-state index in [2.05, 4.69) is 65.8 Å². The zero-order valence-corrected chi connectivity index (χ0v) is 13.1. The molecule has 2 heterocycles. The van der Waals surface area contributed by atoms with Crippen LogP contribution in [0.5, 0.6) is 0 Å².